The van der Waals surface area contributed by atoms with E-state index in [0.29, 0.717) is 11.4 Å². The normalized spacial score (nSPS) is 10.1. The highest BCUT2D eigenvalue weighted by Gasteiger charge is 2.12. The molecule has 0 saturated carbocycles. The van der Waals surface area contributed by atoms with Crippen molar-refractivity contribution in [2.75, 3.05) is 0 Å². The third-order valence-corrected chi connectivity index (χ3v) is 2.18. The topological polar surface area (TPSA) is 76.0 Å². The first-order valence-corrected chi connectivity index (χ1v) is 4.72. The molecule has 0 amide bonds. The lowest BCUT2D eigenvalue weighted by atomic mass is 10.2. The summed E-state index contributed by atoms with van der Waals surface area (Å²) in [5.41, 5.74) is 0.565. The Morgan fingerprint density at radius 1 is 1.38 bits per heavy atom. The van der Waals surface area contributed by atoms with Crippen LogP contribution in [0, 0.1) is 0 Å². The van der Waals surface area contributed by atoms with Crippen LogP contribution < -0.4 is 0 Å². The highest BCUT2D eigenvalue weighted by Crippen LogP contribution is 2.18. The maximum Gasteiger partial charge on any atom is 0.340 e. The quantitative estimate of drug-likeness (QED) is 0.805. The molecule has 0 radical (unpaired) electrons. The molecule has 0 unspecified atom stereocenters. The number of pyridine rings is 1. The smallest absolute Gasteiger partial charge is 0.340 e. The van der Waals surface area contributed by atoms with E-state index in [0.717, 1.165) is 0 Å². The Morgan fingerprint density at radius 3 is 2.75 bits per heavy atom. The average Bonchev–Trinajstić information content (AvgIpc) is 2.29. The van der Waals surface area contributed by atoms with Gasteiger partial charge in [-0.05, 0) is 12.1 Å². The first-order valence-electron chi connectivity index (χ1n) is 4.34. The number of carboxylic acids is 1. The van der Waals surface area contributed by atoms with Gasteiger partial charge in [0.15, 0.2) is 5.82 Å². The van der Waals surface area contributed by atoms with Gasteiger partial charge in [-0.25, -0.2) is 14.8 Å². The summed E-state index contributed by atoms with van der Waals surface area (Å²) in [6, 6.07) is 3.50. The molecule has 0 aromatic carbocycles. The number of halogens is 1. The molecule has 2 aromatic rings. The summed E-state index contributed by atoms with van der Waals surface area (Å²) in [7, 11) is 0. The van der Waals surface area contributed by atoms with Gasteiger partial charge in [0, 0.05) is 24.2 Å². The second-order valence-corrected chi connectivity index (χ2v) is 3.30. The summed E-state index contributed by atoms with van der Waals surface area (Å²) in [4.78, 5) is 22.4. The molecule has 0 aliphatic carbocycles. The van der Waals surface area contributed by atoms with Crippen LogP contribution in [0.25, 0.3) is 11.4 Å². The maximum atomic E-state index is 10.7. The molecule has 0 fully saturated rings. The van der Waals surface area contributed by atoms with Crippen molar-refractivity contribution in [3.63, 3.8) is 0 Å². The van der Waals surface area contributed by atoms with Crippen LogP contribution in [0.15, 0.2) is 30.7 Å². The minimum atomic E-state index is -1.15. The number of nitrogens with zero attached hydrogens (tertiary/aromatic N) is 3. The Labute approximate surface area is 95.8 Å². The molecule has 16 heavy (non-hydrogen) atoms. The minimum absolute atomic E-state index is 0.0821. The molecule has 80 valence electrons. The van der Waals surface area contributed by atoms with Gasteiger partial charge in [0.1, 0.15) is 10.7 Å². The first kappa shape index (κ1) is 10.5. The Bertz CT molecular complexity index is 531. The zero-order valence-corrected chi connectivity index (χ0v) is 8.72. The van der Waals surface area contributed by atoms with E-state index in [-0.39, 0.29) is 10.7 Å². The van der Waals surface area contributed by atoms with E-state index in [1.165, 1.54) is 6.20 Å². The van der Waals surface area contributed by atoms with Crippen LogP contribution in [0.3, 0.4) is 0 Å². The second-order valence-electron chi connectivity index (χ2n) is 2.94. The summed E-state index contributed by atoms with van der Waals surface area (Å²) in [5.74, 6) is -0.800. The highest BCUT2D eigenvalue weighted by molar-refractivity contribution is 6.32. The Morgan fingerprint density at radius 2 is 2.19 bits per heavy atom. The third-order valence-electron chi connectivity index (χ3n) is 1.89. The van der Waals surface area contributed by atoms with Crippen LogP contribution in [0.1, 0.15) is 10.4 Å². The average molecular weight is 236 g/mol. The van der Waals surface area contributed by atoms with Crippen LogP contribution in [0.2, 0.25) is 5.15 Å². The predicted molar refractivity (Wildman–Crippen MR) is 57.2 cm³/mol. The zero-order chi connectivity index (χ0) is 11.5. The van der Waals surface area contributed by atoms with E-state index in [1.807, 2.05) is 0 Å². The Hall–Kier alpha value is -2.01. The number of aromatic carboxylic acids is 1. The molecule has 5 nitrogen and oxygen atoms in total. The van der Waals surface area contributed by atoms with Gasteiger partial charge in [-0.3, -0.25) is 4.98 Å². The van der Waals surface area contributed by atoms with Gasteiger partial charge >= 0.3 is 5.97 Å². The molecule has 2 aromatic heterocycles. The Balaban J connectivity index is 2.46. The summed E-state index contributed by atoms with van der Waals surface area (Å²) in [6.07, 6.45) is 4.38. The predicted octanol–water partition coefficient (Wildman–Crippen LogP) is 1.89. The SMILES string of the molecule is O=C(O)c1cnc(-c2cccnc2)nc1Cl. The van der Waals surface area contributed by atoms with E-state index in [4.69, 9.17) is 16.7 Å². The van der Waals surface area contributed by atoms with E-state index in [1.54, 1.807) is 24.5 Å². The molecule has 6 heteroatoms. The molecular formula is C10H6ClN3O2. The van der Waals surface area contributed by atoms with Crippen molar-refractivity contribution in [2.24, 2.45) is 0 Å². The van der Waals surface area contributed by atoms with E-state index in [9.17, 15) is 4.79 Å². The van der Waals surface area contributed by atoms with E-state index < -0.39 is 5.97 Å². The highest BCUT2D eigenvalue weighted by atomic mass is 35.5. The molecule has 0 aliphatic rings. The van der Waals surface area contributed by atoms with Crippen LogP contribution in [0.4, 0.5) is 0 Å². The lowest BCUT2D eigenvalue weighted by molar-refractivity contribution is 0.0696. The van der Waals surface area contributed by atoms with Crippen molar-refractivity contribution in [2.45, 2.75) is 0 Å². The molecule has 0 atom stereocenters. The number of hydrogen-bond donors (Lipinski definition) is 1. The molecular weight excluding hydrogens is 230 g/mol. The molecule has 0 bridgehead atoms. The van der Waals surface area contributed by atoms with Crippen molar-refractivity contribution < 1.29 is 9.90 Å². The van der Waals surface area contributed by atoms with Gasteiger partial charge in [0.05, 0.1) is 0 Å². The van der Waals surface area contributed by atoms with Crippen molar-refractivity contribution >= 4 is 17.6 Å². The van der Waals surface area contributed by atoms with Gasteiger partial charge < -0.3 is 5.11 Å². The van der Waals surface area contributed by atoms with E-state index in [2.05, 4.69) is 15.0 Å². The number of carboxylic acid groups (broad SMARTS) is 1. The lowest BCUT2D eigenvalue weighted by Gasteiger charge is -2.01. The fraction of sp³-hybridized carbons (Fsp3) is 0. The fourth-order valence-corrected chi connectivity index (χ4v) is 1.35. The summed E-state index contributed by atoms with van der Waals surface area (Å²) in [5, 5.41) is 8.67. The summed E-state index contributed by atoms with van der Waals surface area (Å²) in [6.45, 7) is 0. The Kier molecular flexibility index (Phi) is 2.78. The van der Waals surface area contributed by atoms with Crippen LogP contribution in [0.5, 0.6) is 0 Å². The number of carbonyl (C=O) groups is 1. The van der Waals surface area contributed by atoms with Gasteiger partial charge in [0.2, 0.25) is 0 Å². The van der Waals surface area contributed by atoms with Crippen LogP contribution in [-0.2, 0) is 0 Å². The lowest BCUT2D eigenvalue weighted by Crippen LogP contribution is -2.01. The second kappa shape index (κ2) is 4.24. The van der Waals surface area contributed by atoms with Gasteiger partial charge in [-0.2, -0.15) is 0 Å². The van der Waals surface area contributed by atoms with Crippen LogP contribution >= 0.6 is 11.6 Å². The van der Waals surface area contributed by atoms with E-state index >= 15 is 0 Å². The van der Waals surface area contributed by atoms with Gasteiger partial charge in [0.25, 0.3) is 0 Å². The number of rotatable bonds is 2. The molecule has 0 saturated heterocycles. The van der Waals surface area contributed by atoms with Crippen LogP contribution in [-0.4, -0.2) is 26.0 Å². The summed E-state index contributed by atoms with van der Waals surface area (Å²) < 4.78 is 0. The maximum absolute atomic E-state index is 10.7. The zero-order valence-electron chi connectivity index (χ0n) is 7.96. The largest absolute Gasteiger partial charge is 0.478 e. The first-order chi connectivity index (χ1) is 7.68. The molecule has 0 aliphatic heterocycles. The molecule has 1 N–H and O–H groups in total. The van der Waals surface area contributed by atoms with Gasteiger partial charge in [-0.1, -0.05) is 11.6 Å². The monoisotopic (exact) mass is 235 g/mol. The number of hydrogen-bond acceptors (Lipinski definition) is 4. The minimum Gasteiger partial charge on any atom is -0.478 e. The van der Waals surface area contributed by atoms with Crippen molar-refractivity contribution in [1.82, 2.24) is 15.0 Å². The van der Waals surface area contributed by atoms with Crippen molar-refractivity contribution in [1.29, 1.82) is 0 Å². The standard InChI is InChI=1S/C10H6ClN3O2/c11-8-7(10(15)16)5-13-9(14-8)6-2-1-3-12-4-6/h1-5H,(H,15,16). The van der Waals surface area contributed by atoms with Gasteiger partial charge in [-0.15, -0.1) is 0 Å². The molecule has 2 heterocycles. The van der Waals surface area contributed by atoms with Crippen molar-refractivity contribution in [3.8, 4) is 11.4 Å². The summed E-state index contributed by atoms with van der Waals surface area (Å²) >= 11 is 5.72. The fourth-order valence-electron chi connectivity index (χ4n) is 1.14. The molecule has 0 spiro atoms. The van der Waals surface area contributed by atoms with Crippen molar-refractivity contribution in [3.05, 3.63) is 41.4 Å². The molecule has 2 rings (SSSR count). The number of aromatic nitrogens is 3. The third kappa shape index (κ3) is 1.99.